The van der Waals surface area contributed by atoms with Crippen molar-refractivity contribution in [3.8, 4) is 0 Å². The van der Waals surface area contributed by atoms with E-state index < -0.39 is 11.6 Å². The highest BCUT2D eigenvalue weighted by molar-refractivity contribution is 5.72. The molecule has 0 rings (SSSR count). The highest BCUT2D eigenvalue weighted by Crippen LogP contribution is 2.20. The first-order chi connectivity index (χ1) is 7.61. The van der Waals surface area contributed by atoms with E-state index in [4.69, 9.17) is 9.84 Å². The van der Waals surface area contributed by atoms with E-state index in [1.807, 2.05) is 34.6 Å². The van der Waals surface area contributed by atoms with Crippen LogP contribution in [-0.4, -0.2) is 22.6 Å². The fourth-order valence-electron chi connectivity index (χ4n) is 1.59. The Morgan fingerprint density at radius 2 is 1.76 bits per heavy atom. The monoisotopic (exact) mass is 244 g/mol. The summed E-state index contributed by atoms with van der Waals surface area (Å²) in [6.07, 6.45) is 1.42. The van der Waals surface area contributed by atoms with Crippen LogP contribution in [0.1, 0.15) is 53.9 Å². The molecule has 0 heterocycles. The minimum absolute atomic E-state index is 0.155. The van der Waals surface area contributed by atoms with Gasteiger partial charge in [-0.3, -0.25) is 9.59 Å². The minimum Gasteiger partial charge on any atom is -0.481 e. The van der Waals surface area contributed by atoms with Crippen LogP contribution in [0.3, 0.4) is 0 Å². The third-order valence-corrected chi connectivity index (χ3v) is 2.42. The van der Waals surface area contributed by atoms with E-state index in [-0.39, 0.29) is 24.2 Å². The van der Waals surface area contributed by atoms with Gasteiger partial charge < -0.3 is 9.84 Å². The van der Waals surface area contributed by atoms with Gasteiger partial charge in [-0.25, -0.2) is 0 Å². The number of carboxylic acid groups (broad SMARTS) is 1. The number of carbonyl (C=O) groups excluding carboxylic acids is 1. The lowest BCUT2D eigenvalue weighted by molar-refractivity contribution is -0.159. The molecule has 0 aromatic carbocycles. The molecule has 0 aromatic rings. The normalized spacial score (nSPS) is 15.1. The van der Waals surface area contributed by atoms with Gasteiger partial charge in [-0.2, -0.15) is 0 Å². The Morgan fingerprint density at radius 1 is 1.24 bits per heavy atom. The van der Waals surface area contributed by atoms with E-state index in [1.54, 1.807) is 0 Å². The molecule has 0 aliphatic carbocycles. The molecule has 0 aliphatic heterocycles. The second-order valence-corrected chi connectivity index (χ2v) is 5.71. The van der Waals surface area contributed by atoms with Gasteiger partial charge in [0.1, 0.15) is 5.60 Å². The topological polar surface area (TPSA) is 63.6 Å². The average molecular weight is 244 g/mol. The number of hydrogen-bond donors (Lipinski definition) is 1. The summed E-state index contributed by atoms with van der Waals surface area (Å²) in [4.78, 5) is 22.1. The van der Waals surface area contributed by atoms with Crippen molar-refractivity contribution in [3.63, 3.8) is 0 Å². The maximum atomic E-state index is 11.7. The van der Waals surface area contributed by atoms with Crippen LogP contribution in [0.5, 0.6) is 0 Å². The highest BCUT2D eigenvalue weighted by Gasteiger charge is 2.23. The third kappa shape index (κ3) is 8.72. The summed E-state index contributed by atoms with van der Waals surface area (Å²) < 4.78 is 5.27. The third-order valence-electron chi connectivity index (χ3n) is 2.42. The molecule has 100 valence electrons. The van der Waals surface area contributed by atoms with Crippen molar-refractivity contribution in [2.75, 3.05) is 0 Å². The Bertz CT molecular complexity index is 265. The van der Waals surface area contributed by atoms with Gasteiger partial charge in [0.2, 0.25) is 0 Å². The van der Waals surface area contributed by atoms with Gasteiger partial charge in [0.05, 0.1) is 5.92 Å². The molecule has 0 spiro atoms. The first kappa shape index (κ1) is 15.9. The summed E-state index contributed by atoms with van der Waals surface area (Å²) in [6, 6.07) is 0. The van der Waals surface area contributed by atoms with Crippen molar-refractivity contribution in [2.45, 2.75) is 59.5 Å². The molecule has 4 heteroatoms. The van der Waals surface area contributed by atoms with Crippen molar-refractivity contribution in [3.05, 3.63) is 0 Å². The number of carbonyl (C=O) groups is 2. The molecule has 0 bridgehead atoms. The van der Waals surface area contributed by atoms with Gasteiger partial charge in [0.15, 0.2) is 0 Å². The van der Waals surface area contributed by atoms with Crippen molar-refractivity contribution in [1.82, 2.24) is 0 Å². The van der Waals surface area contributed by atoms with Gasteiger partial charge in [0, 0.05) is 6.42 Å². The zero-order chi connectivity index (χ0) is 13.6. The standard InChI is InChI=1S/C13H24O4/c1-9(6-7-11(14)15)8-10(2)12(16)17-13(3,4)5/h9-10H,6-8H2,1-5H3,(H,14,15)/t9-,10?/m1/s1. The van der Waals surface area contributed by atoms with E-state index in [9.17, 15) is 9.59 Å². The van der Waals surface area contributed by atoms with E-state index in [2.05, 4.69) is 0 Å². The number of hydrogen-bond acceptors (Lipinski definition) is 3. The molecular formula is C13H24O4. The Balaban J connectivity index is 4.03. The maximum absolute atomic E-state index is 11.7. The van der Waals surface area contributed by atoms with Crippen LogP contribution >= 0.6 is 0 Å². The average Bonchev–Trinajstić information content (AvgIpc) is 2.11. The lowest BCUT2D eigenvalue weighted by atomic mass is 9.93. The van der Waals surface area contributed by atoms with Crippen LogP contribution in [0.25, 0.3) is 0 Å². The fourth-order valence-corrected chi connectivity index (χ4v) is 1.59. The lowest BCUT2D eigenvalue weighted by Crippen LogP contribution is -2.28. The number of ether oxygens (including phenoxy) is 1. The molecule has 0 saturated heterocycles. The summed E-state index contributed by atoms with van der Waals surface area (Å²) in [5.41, 5.74) is -0.463. The van der Waals surface area contributed by atoms with E-state index >= 15 is 0 Å². The largest absolute Gasteiger partial charge is 0.481 e. The Hall–Kier alpha value is -1.06. The van der Waals surface area contributed by atoms with Gasteiger partial charge in [0.25, 0.3) is 0 Å². The minimum atomic E-state index is -0.790. The second kappa shape index (κ2) is 6.62. The van der Waals surface area contributed by atoms with Gasteiger partial charge >= 0.3 is 11.9 Å². The summed E-state index contributed by atoms with van der Waals surface area (Å²) in [6.45, 7) is 9.30. The van der Waals surface area contributed by atoms with Crippen molar-refractivity contribution in [2.24, 2.45) is 11.8 Å². The molecule has 0 amide bonds. The zero-order valence-electron chi connectivity index (χ0n) is 11.4. The first-order valence-electron chi connectivity index (χ1n) is 6.06. The van der Waals surface area contributed by atoms with Crippen LogP contribution in [0.2, 0.25) is 0 Å². The molecule has 0 saturated carbocycles. The Morgan fingerprint density at radius 3 is 2.18 bits per heavy atom. The van der Waals surface area contributed by atoms with Gasteiger partial charge in [-0.05, 0) is 39.5 Å². The predicted octanol–water partition coefficient (Wildman–Crippen LogP) is 2.86. The summed E-state index contributed by atoms with van der Waals surface area (Å²) in [5, 5.41) is 8.57. The molecule has 0 aliphatic rings. The van der Waals surface area contributed by atoms with Crippen LogP contribution in [0, 0.1) is 11.8 Å². The number of aliphatic carboxylic acids is 1. The molecular weight excluding hydrogens is 220 g/mol. The molecule has 0 fully saturated rings. The maximum Gasteiger partial charge on any atom is 0.309 e. The predicted molar refractivity (Wildman–Crippen MR) is 65.7 cm³/mol. The van der Waals surface area contributed by atoms with E-state index in [1.165, 1.54) is 0 Å². The zero-order valence-corrected chi connectivity index (χ0v) is 11.4. The molecule has 1 N–H and O–H groups in total. The Kier molecular flexibility index (Phi) is 6.21. The van der Waals surface area contributed by atoms with Gasteiger partial charge in [-0.15, -0.1) is 0 Å². The molecule has 1 unspecified atom stereocenters. The van der Waals surface area contributed by atoms with Crippen molar-refractivity contribution in [1.29, 1.82) is 0 Å². The highest BCUT2D eigenvalue weighted by atomic mass is 16.6. The van der Waals surface area contributed by atoms with E-state index in [0.717, 1.165) is 0 Å². The van der Waals surface area contributed by atoms with Crippen LogP contribution in [-0.2, 0) is 14.3 Å². The molecule has 2 atom stereocenters. The van der Waals surface area contributed by atoms with Crippen molar-refractivity contribution >= 4 is 11.9 Å². The molecule has 0 radical (unpaired) electrons. The molecule has 0 aromatic heterocycles. The smallest absolute Gasteiger partial charge is 0.309 e. The molecule has 4 nitrogen and oxygen atoms in total. The van der Waals surface area contributed by atoms with Crippen LogP contribution in [0.15, 0.2) is 0 Å². The summed E-state index contributed by atoms with van der Waals surface area (Å²) >= 11 is 0. The fraction of sp³-hybridized carbons (Fsp3) is 0.846. The lowest BCUT2D eigenvalue weighted by Gasteiger charge is -2.23. The Labute approximate surface area is 103 Å². The molecule has 17 heavy (non-hydrogen) atoms. The number of carboxylic acids is 1. The van der Waals surface area contributed by atoms with Crippen LogP contribution < -0.4 is 0 Å². The quantitative estimate of drug-likeness (QED) is 0.730. The number of esters is 1. The first-order valence-corrected chi connectivity index (χ1v) is 6.06. The van der Waals surface area contributed by atoms with Crippen molar-refractivity contribution < 1.29 is 19.4 Å². The second-order valence-electron chi connectivity index (χ2n) is 5.71. The SMILES string of the molecule is CC(C[C@H](C)CCC(=O)O)C(=O)OC(C)(C)C. The number of rotatable bonds is 6. The van der Waals surface area contributed by atoms with Crippen LogP contribution in [0.4, 0.5) is 0 Å². The summed E-state index contributed by atoms with van der Waals surface area (Å²) in [7, 11) is 0. The van der Waals surface area contributed by atoms with Gasteiger partial charge in [-0.1, -0.05) is 13.8 Å². The summed E-state index contributed by atoms with van der Waals surface area (Å²) in [5.74, 6) is -0.965. The van der Waals surface area contributed by atoms with E-state index in [0.29, 0.717) is 12.8 Å².